The zero-order valence-corrected chi connectivity index (χ0v) is 10.7. The Balaban J connectivity index is 2.72. The fourth-order valence-corrected chi connectivity index (χ4v) is 2.10. The van der Waals surface area contributed by atoms with Crippen molar-refractivity contribution in [2.45, 2.75) is 33.1 Å². The maximum absolute atomic E-state index is 11.7. The summed E-state index contributed by atoms with van der Waals surface area (Å²) in [4.78, 5) is 23.4. The third kappa shape index (κ3) is 3.45. The monoisotopic (exact) mass is 257 g/mol. The van der Waals surface area contributed by atoms with E-state index in [0.29, 0.717) is 25.2 Å². The van der Waals surface area contributed by atoms with Gasteiger partial charge in [-0.3, -0.25) is 9.59 Å². The number of ether oxygens (including phenoxy) is 2. The first-order valence-corrected chi connectivity index (χ1v) is 6.18. The zero-order valence-electron chi connectivity index (χ0n) is 10.7. The number of oxime groups is 1. The first kappa shape index (κ1) is 14.5. The van der Waals surface area contributed by atoms with Crippen LogP contribution in [0.1, 0.15) is 33.1 Å². The molecule has 6 nitrogen and oxygen atoms in total. The van der Waals surface area contributed by atoms with Crippen LogP contribution in [0.2, 0.25) is 0 Å². The van der Waals surface area contributed by atoms with E-state index in [-0.39, 0.29) is 24.9 Å². The van der Waals surface area contributed by atoms with Gasteiger partial charge in [0.05, 0.1) is 30.8 Å². The number of hydrogen-bond acceptors (Lipinski definition) is 6. The van der Waals surface area contributed by atoms with Crippen LogP contribution in [-0.4, -0.2) is 36.1 Å². The Morgan fingerprint density at radius 1 is 1.28 bits per heavy atom. The van der Waals surface area contributed by atoms with Crippen molar-refractivity contribution in [2.24, 2.45) is 17.0 Å². The Morgan fingerprint density at radius 2 is 1.89 bits per heavy atom. The van der Waals surface area contributed by atoms with E-state index in [1.807, 2.05) is 0 Å². The maximum Gasteiger partial charge on any atom is 0.314 e. The maximum atomic E-state index is 11.7. The minimum Gasteiger partial charge on any atom is -0.466 e. The first-order valence-electron chi connectivity index (χ1n) is 6.18. The summed E-state index contributed by atoms with van der Waals surface area (Å²) in [5, 5.41) is 12.0. The average molecular weight is 257 g/mol. The Hall–Kier alpha value is -1.59. The predicted molar refractivity (Wildman–Crippen MR) is 63.3 cm³/mol. The third-order valence-corrected chi connectivity index (χ3v) is 2.99. The van der Waals surface area contributed by atoms with Crippen molar-refractivity contribution in [1.29, 1.82) is 0 Å². The van der Waals surface area contributed by atoms with Gasteiger partial charge in [-0.15, -0.1) is 0 Å². The number of hydrogen-bond donors (Lipinski definition) is 1. The molecule has 2 unspecified atom stereocenters. The van der Waals surface area contributed by atoms with Crippen molar-refractivity contribution in [3.63, 3.8) is 0 Å². The molecule has 0 amide bonds. The Kier molecular flexibility index (Phi) is 5.61. The highest BCUT2D eigenvalue weighted by Gasteiger charge is 2.37. The number of carbonyl (C=O) groups excluding carboxylic acids is 2. The standard InChI is InChI=1S/C12H19NO5/c1-3-17-11(14)8-5-6-10(13-16)9(7-8)12(15)18-4-2/h8-9,16H,3-7H2,1-2H3/b13-10+. The van der Waals surface area contributed by atoms with Gasteiger partial charge in [0, 0.05) is 0 Å². The highest BCUT2D eigenvalue weighted by molar-refractivity contribution is 6.03. The minimum absolute atomic E-state index is 0.262. The van der Waals surface area contributed by atoms with Crippen LogP contribution in [0.25, 0.3) is 0 Å². The summed E-state index contributed by atoms with van der Waals surface area (Å²) in [6, 6.07) is 0. The molecule has 2 atom stereocenters. The molecule has 1 N–H and O–H groups in total. The summed E-state index contributed by atoms with van der Waals surface area (Å²) in [6.07, 6.45) is 1.23. The molecule has 1 rings (SSSR count). The molecular weight excluding hydrogens is 238 g/mol. The van der Waals surface area contributed by atoms with Crippen molar-refractivity contribution in [3.05, 3.63) is 0 Å². The van der Waals surface area contributed by atoms with E-state index >= 15 is 0 Å². The van der Waals surface area contributed by atoms with E-state index in [2.05, 4.69) is 5.16 Å². The van der Waals surface area contributed by atoms with Gasteiger partial charge in [0.15, 0.2) is 0 Å². The SMILES string of the molecule is CCOC(=O)C1CC/C(=N\O)C(C(=O)OCC)C1. The second-order valence-corrected chi connectivity index (χ2v) is 4.12. The summed E-state index contributed by atoms with van der Waals surface area (Å²) < 4.78 is 9.86. The molecular formula is C12H19NO5. The molecule has 6 heteroatoms. The normalized spacial score (nSPS) is 25.8. The number of rotatable bonds is 4. The molecule has 1 saturated carbocycles. The molecule has 0 saturated heterocycles. The van der Waals surface area contributed by atoms with Gasteiger partial charge in [0.1, 0.15) is 0 Å². The highest BCUT2D eigenvalue weighted by Crippen LogP contribution is 2.29. The lowest BCUT2D eigenvalue weighted by molar-refractivity contribution is -0.151. The van der Waals surface area contributed by atoms with E-state index in [1.165, 1.54) is 0 Å². The molecule has 0 bridgehead atoms. The molecule has 0 aliphatic heterocycles. The lowest BCUT2D eigenvalue weighted by atomic mass is 9.80. The molecule has 1 aliphatic rings. The van der Waals surface area contributed by atoms with E-state index < -0.39 is 11.9 Å². The second kappa shape index (κ2) is 6.98. The number of esters is 2. The van der Waals surface area contributed by atoms with Crippen LogP contribution < -0.4 is 0 Å². The van der Waals surface area contributed by atoms with Crippen molar-refractivity contribution in [1.82, 2.24) is 0 Å². The van der Waals surface area contributed by atoms with Crippen LogP contribution in [0.5, 0.6) is 0 Å². The van der Waals surface area contributed by atoms with E-state index in [9.17, 15) is 9.59 Å². The van der Waals surface area contributed by atoms with Crippen LogP contribution in [0.15, 0.2) is 5.16 Å². The highest BCUT2D eigenvalue weighted by atomic mass is 16.5. The van der Waals surface area contributed by atoms with Gasteiger partial charge in [-0.2, -0.15) is 0 Å². The molecule has 0 heterocycles. The van der Waals surface area contributed by atoms with Crippen LogP contribution in [0.4, 0.5) is 0 Å². The summed E-state index contributed by atoms with van der Waals surface area (Å²) >= 11 is 0. The molecule has 0 spiro atoms. The Bertz CT molecular complexity index is 339. The molecule has 0 aromatic carbocycles. The van der Waals surface area contributed by atoms with E-state index in [0.717, 1.165) is 0 Å². The van der Waals surface area contributed by atoms with Crippen molar-refractivity contribution < 1.29 is 24.3 Å². The van der Waals surface area contributed by atoms with Gasteiger partial charge < -0.3 is 14.7 Å². The van der Waals surface area contributed by atoms with Crippen molar-refractivity contribution in [2.75, 3.05) is 13.2 Å². The minimum atomic E-state index is -0.641. The summed E-state index contributed by atoms with van der Waals surface area (Å²) in [5.74, 6) is -1.72. The second-order valence-electron chi connectivity index (χ2n) is 4.12. The fourth-order valence-electron chi connectivity index (χ4n) is 2.10. The summed E-state index contributed by atoms with van der Waals surface area (Å²) in [6.45, 7) is 4.03. The van der Waals surface area contributed by atoms with Gasteiger partial charge in [-0.25, -0.2) is 0 Å². The van der Waals surface area contributed by atoms with E-state index in [4.69, 9.17) is 14.7 Å². The van der Waals surface area contributed by atoms with Gasteiger partial charge in [-0.05, 0) is 33.1 Å². The van der Waals surface area contributed by atoms with Crippen LogP contribution >= 0.6 is 0 Å². The number of carbonyl (C=O) groups is 2. The first-order chi connectivity index (χ1) is 8.63. The topological polar surface area (TPSA) is 85.2 Å². The molecule has 0 radical (unpaired) electrons. The van der Waals surface area contributed by atoms with Crippen LogP contribution in [0.3, 0.4) is 0 Å². The molecule has 102 valence electrons. The van der Waals surface area contributed by atoms with Gasteiger partial charge in [0.2, 0.25) is 0 Å². The quantitative estimate of drug-likeness (QED) is 0.467. The third-order valence-electron chi connectivity index (χ3n) is 2.99. The molecule has 1 aliphatic carbocycles. The van der Waals surface area contributed by atoms with Crippen LogP contribution in [-0.2, 0) is 19.1 Å². The lowest BCUT2D eigenvalue weighted by Gasteiger charge is -2.26. The zero-order chi connectivity index (χ0) is 13.5. The summed E-state index contributed by atoms with van der Waals surface area (Å²) in [7, 11) is 0. The lowest BCUT2D eigenvalue weighted by Crippen LogP contribution is -2.36. The van der Waals surface area contributed by atoms with Crippen molar-refractivity contribution in [3.8, 4) is 0 Å². The molecule has 0 aromatic heterocycles. The van der Waals surface area contributed by atoms with Gasteiger partial charge in [0.25, 0.3) is 0 Å². The molecule has 1 fully saturated rings. The van der Waals surface area contributed by atoms with Gasteiger partial charge in [-0.1, -0.05) is 5.16 Å². The fraction of sp³-hybridized carbons (Fsp3) is 0.750. The smallest absolute Gasteiger partial charge is 0.314 e. The van der Waals surface area contributed by atoms with Gasteiger partial charge >= 0.3 is 11.9 Å². The Morgan fingerprint density at radius 3 is 2.44 bits per heavy atom. The molecule has 0 aromatic rings. The molecule has 18 heavy (non-hydrogen) atoms. The van der Waals surface area contributed by atoms with Crippen LogP contribution in [0, 0.1) is 11.8 Å². The largest absolute Gasteiger partial charge is 0.466 e. The predicted octanol–water partition coefficient (Wildman–Crippen LogP) is 1.36. The number of nitrogens with zero attached hydrogens (tertiary/aromatic N) is 1. The van der Waals surface area contributed by atoms with E-state index in [1.54, 1.807) is 13.8 Å². The Labute approximate surface area is 106 Å². The van der Waals surface area contributed by atoms with Crippen molar-refractivity contribution >= 4 is 17.7 Å². The summed E-state index contributed by atoms with van der Waals surface area (Å²) in [5.41, 5.74) is 0.383. The average Bonchev–Trinajstić information content (AvgIpc) is 2.38.